The van der Waals surface area contributed by atoms with Crippen LogP contribution in [0.4, 0.5) is 17.1 Å². The molecule has 1 fully saturated rings. The van der Waals surface area contributed by atoms with E-state index in [2.05, 4.69) is 16.3 Å². The SMILES string of the molecule is O=C(Nc1ccc(C(=O)N2C[C@@H]3CCCN3c3ccccc32)cc1)c1ccccc1-c1ccccc1. The third-order valence-corrected chi connectivity index (χ3v) is 7.14. The minimum atomic E-state index is -0.181. The van der Waals surface area contributed by atoms with Crippen molar-refractivity contribution in [2.45, 2.75) is 18.9 Å². The van der Waals surface area contributed by atoms with Gasteiger partial charge < -0.3 is 15.1 Å². The third-order valence-electron chi connectivity index (χ3n) is 7.14. The summed E-state index contributed by atoms with van der Waals surface area (Å²) in [5.74, 6) is -0.193. The molecule has 0 saturated carbocycles. The van der Waals surface area contributed by atoms with E-state index < -0.39 is 0 Å². The summed E-state index contributed by atoms with van der Waals surface area (Å²) in [5, 5.41) is 2.99. The Morgan fingerprint density at radius 1 is 0.750 bits per heavy atom. The number of hydrogen-bond donors (Lipinski definition) is 1. The van der Waals surface area contributed by atoms with Gasteiger partial charge in [0.2, 0.25) is 0 Å². The molecular weight excluding hydrogens is 446 g/mol. The van der Waals surface area contributed by atoms with Gasteiger partial charge in [-0.05, 0) is 66.4 Å². The molecule has 1 atom stereocenters. The lowest BCUT2D eigenvalue weighted by Gasteiger charge is -2.40. The van der Waals surface area contributed by atoms with Crippen LogP contribution in [0, 0.1) is 0 Å². The summed E-state index contributed by atoms with van der Waals surface area (Å²) in [4.78, 5) is 31.0. The molecule has 2 aliphatic heterocycles. The lowest BCUT2D eigenvalue weighted by atomic mass is 9.99. The molecular formula is C31H27N3O2. The molecule has 1 N–H and O–H groups in total. The van der Waals surface area contributed by atoms with Crippen LogP contribution in [0.15, 0.2) is 103 Å². The van der Waals surface area contributed by atoms with Crippen LogP contribution < -0.4 is 15.1 Å². The van der Waals surface area contributed by atoms with E-state index in [9.17, 15) is 9.59 Å². The van der Waals surface area contributed by atoms with E-state index in [0.29, 0.717) is 29.4 Å². The number of nitrogens with zero attached hydrogens (tertiary/aromatic N) is 2. The molecule has 2 aliphatic rings. The lowest BCUT2D eigenvalue weighted by molar-refractivity contribution is 0.0983. The van der Waals surface area contributed by atoms with Crippen LogP contribution in [-0.4, -0.2) is 30.9 Å². The fourth-order valence-corrected chi connectivity index (χ4v) is 5.38. The van der Waals surface area contributed by atoms with E-state index in [1.165, 1.54) is 0 Å². The molecule has 2 heterocycles. The summed E-state index contributed by atoms with van der Waals surface area (Å²) in [6.45, 7) is 1.75. The summed E-state index contributed by atoms with van der Waals surface area (Å²) in [7, 11) is 0. The van der Waals surface area contributed by atoms with Crippen LogP contribution in [0.2, 0.25) is 0 Å². The highest BCUT2D eigenvalue weighted by molar-refractivity contribution is 6.10. The second-order valence-electron chi connectivity index (χ2n) is 9.34. The lowest BCUT2D eigenvalue weighted by Crippen LogP contribution is -2.48. The van der Waals surface area contributed by atoms with Gasteiger partial charge in [0.1, 0.15) is 0 Å². The first-order chi connectivity index (χ1) is 17.7. The zero-order valence-electron chi connectivity index (χ0n) is 19.9. The summed E-state index contributed by atoms with van der Waals surface area (Å²) in [6.07, 6.45) is 2.26. The Bertz CT molecular complexity index is 1420. The number of carbonyl (C=O) groups excluding carboxylic acids is 2. The van der Waals surface area contributed by atoms with E-state index in [1.54, 1.807) is 24.3 Å². The van der Waals surface area contributed by atoms with Gasteiger partial charge in [0.25, 0.3) is 11.8 Å². The van der Waals surface area contributed by atoms with Crippen molar-refractivity contribution in [1.29, 1.82) is 0 Å². The Labute approximate surface area is 211 Å². The number of rotatable bonds is 4. The minimum Gasteiger partial charge on any atom is -0.365 e. The summed E-state index contributed by atoms with van der Waals surface area (Å²) >= 11 is 0. The fraction of sp³-hybridized carbons (Fsp3) is 0.161. The van der Waals surface area contributed by atoms with Crippen LogP contribution >= 0.6 is 0 Å². The maximum atomic E-state index is 13.5. The predicted octanol–water partition coefficient (Wildman–Crippen LogP) is 6.24. The molecule has 6 rings (SSSR count). The number of anilines is 3. The molecule has 2 amide bonds. The smallest absolute Gasteiger partial charge is 0.258 e. The van der Waals surface area contributed by atoms with Gasteiger partial charge in [0, 0.05) is 35.9 Å². The van der Waals surface area contributed by atoms with Crippen molar-refractivity contribution in [3.05, 3.63) is 114 Å². The molecule has 0 radical (unpaired) electrons. The zero-order valence-corrected chi connectivity index (χ0v) is 19.9. The van der Waals surface area contributed by atoms with Gasteiger partial charge in [-0.1, -0.05) is 60.7 Å². The van der Waals surface area contributed by atoms with Crippen molar-refractivity contribution >= 4 is 28.9 Å². The molecule has 5 heteroatoms. The summed E-state index contributed by atoms with van der Waals surface area (Å²) < 4.78 is 0. The molecule has 36 heavy (non-hydrogen) atoms. The van der Waals surface area contributed by atoms with Gasteiger partial charge in [-0.3, -0.25) is 9.59 Å². The van der Waals surface area contributed by atoms with Gasteiger partial charge in [0.15, 0.2) is 0 Å². The maximum Gasteiger partial charge on any atom is 0.258 e. The maximum absolute atomic E-state index is 13.5. The van der Waals surface area contributed by atoms with E-state index >= 15 is 0 Å². The molecule has 5 nitrogen and oxygen atoms in total. The topological polar surface area (TPSA) is 52.7 Å². The molecule has 0 aromatic heterocycles. The van der Waals surface area contributed by atoms with Crippen LogP contribution in [0.1, 0.15) is 33.6 Å². The Kier molecular flexibility index (Phi) is 5.74. The standard InChI is InChI=1S/C31H27N3O2/c35-30(27-13-5-4-12-26(27)22-9-2-1-3-10-22)32-24-18-16-23(17-19-24)31(36)34-21-25-11-8-20-33(25)28-14-6-7-15-29(28)34/h1-7,9-10,12-19,25H,8,11,20-21H2,(H,32,35)/t25-/m0/s1. The number of amides is 2. The minimum absolute atomic E-state index is 0.0127. The van der Waals surface area contributed by atoms with Gasteiger partial charge >= 0.3 is 0 Å². The Balaban J connectivity index is 1.21. The third kappa shape index (κ3) is 4.03. The van der Waals surface area contributed by atoms with Crippen molar-refractivity contribution in [2.75, 3.05) is 28.2 Å². The van der Waals surface area contributed by atoms with Crippen LogP contribution in [0.3, 0.4) is 0 Å². The van der Waals surface area contributed by atoms with Crippen LogP contribution in [0.5, 0.6) is 0 Å². The zero-order chi connectivity index (χ0) is 24.5. The molecule has 0 spiro atoms. The molecule has 0 unspecified atom stereocenters. The molecule has 4 aromatic rings. The Hall–Kier alpha value is -4.38. The van der Waals surface area contributed by atoms with Crippen molar-refractivity contribution in [3.8, 4) is 11.1 Å². The quantitative estimate of drug-likeness (QED) is 0.382. The van der Waals surface area contributed by atoms with E-state index in [4.69, 9.17) is 0 Å². The second-order valence-corrected chi connectivity index (χ2v) is 9.34. The largest absolute Gasteiger partial charge is 0.365 e. The van der Waals surface area contributed by atoms with Crippen molar-refractivity contribution < 1.29 is 9.59 Å². The highest BCUT2D eigenvalue weighted by Gasteiger charge is 2.36. The average Bonchev–Trinajstić information content (AvgIpc) is 3.42. The number of para-hydroxylation sites is 2. The van der Waals surface area contributed by atoms with Crippen LogP contribution in [0.25, 0.3) is 11.1 Å². The molecule has 1 saturated heterocycles. The average molecular weight is 474 g/mol. The van der Waals surface area contributed by atoms with Crippen molar-refractivity contribution in [3.63, 3.8) is 0 Å². The number of fused-ring (bicyclic) bond motifs is 3. The van der Waals surface area contributed by atoms with Gasteiger partial charge in [-0.15, -0.1) is 0 Å². The van der Waals surface area contributed by atoms with Gasteiger partial charge in [0.05, 0.1) is 11.4 Å². The van der Waals surface area contributed by atoms with E-state index in [0.717, 1.165) is 41.9 Å². The fourth-order valence-electron chi connectivity index (χ4n) is 5.38. The van der Waals surface area contributed by atoms with E-state index in [-0.39, 0.29) is 11.8 Å². The molecule has 178 valence electrons. The highest BCUT2D eigenvalue weighted by Crippen LogP contribution is 2.39. The number of carbonyl (C=O) groups is 2. The first-order valence-electron chi connectivity index (χ1n) is 12.4. The first kappa shape index (κ1) is 22.1. The Morgan fingerprint density at radius 3 is 2.25 bits per heavy atom. The van der Waals surface area contributed by atoms with Crippen LogP contribution in [-0.2, 0) is 0 Å². The van der Waals surface area contributed by atoms with E-state index in [1.807, 2.05) is 77.7 Å². The predicted molar refractivity (Wildman–Crippen MR) is 145 cm³/mol. The number of nitrogens with one attached hydrogen (secondary N) is 1. The summed E-state index contributed by atoms with van der Waals surface area (Å²) in [6, 6.07) is 33.2. The highest BCUT2D eigenvalue weighted by atomic mass is 16.2. The van der Waals surface area contributed by atoms with Crippen molar-refractivity contribution in [1.82, 2.24) is 0 Å². The molecule has 0 aliphatic carbocycles. The van der Waals surface area contributed by atoms with Crippen molar-refractivity contribution in [2.24, 2.45) is 0 Å². The first-order valence-corrected chi connectivity index (χ1v) is 12.4. The molecule has 0 bridgehead atoms. The monoisotopic (exact) mass is 473 g/mol. The number of benzene rings is 4. The number of hydrogen-bond acceptors (Lipinski definition) is 3. The van der Waals surface area contributed by atoms with Gasteiger partial charge in [-0.2, -0.15) is 0 Å². The Morgan fingerprint density at radius 2 is 1.44 bits per heavy atom. The second kappa shape index (κ2) is 9.34. The summed E-state index contributed by atoms with van der Waals surface area (Å²) in [5.41, 5.74) is 5.85. The van der Waals surface area contributed by atoms with Gasteiger partial charge in [-0.25, -0.2) is 0 Å². The molecule has 4 aromatic carbocycles. The normalized spacial score (nSPS) is 16.3.